The predicted octanol–water partition coefficient (Wildman–Crippen LogP) is 4.02. The summed E-state index contributed by atoms with van der Waals surface area (Å²) in [6.07, 6.45) is 6.74. The molecule has 0 saturated carbocycles. The van der Waals surface area contributed by atoms with E-state index in [-0.39, 0.29) is 6.04 Å². The standard InChI is InChI=1S/C16H23BrN4/c1-5-7-19-15(13-6-8-18-9-12(13)4)16-14(17)10-20-21(16)11(2)3/h6,8-11,15,19H,5,7H2,1-4H3. The van der Waals surface area contributed by atoms with E-state index in [0.717, 1.165) is 17.4 Å². The second kappa shape index (κ2) is 7.18. The Labute approximate surface area is 135 Å². The molecule has 4 nitrogen and oxygen atoms in total. The van der Waals surface area contributed by atoms with Gasteiger partial charge in [0.1, 0.15) is 0 Å². The summed E-state index contributed by atoms with van der Waals surface area (Å²) >= 11 is 3.66. The van der Waals surface area contributed by atoms with Gasteiger partial charge in [0.15, 0.2) is 0 Å². The van der Waals surface area contributed by atoms with Gasteiger partial charge in [-0.2, -0.15) is 5.10 Å². The molecule has 0 aliphatic carbocycles. The summed E-state index contributed by atoms with van der Waals surface area (Å²) in [6.45, 7) is 9.55. The first-order valence-electron chi connectivity index (χ1n) is 7.43. The summed E-state index contributed by atoms with van der Waals surface area (Å²) < 4.78 is 3.12. The van der Waals surface area contributed by atoms with Gasteiger partial charge in [0.05, 0.1) is 22.4 Å². The van der Waals surface area contributed by atoms with Crippen molar-refractivity contribution >= 4 is 15.9 Å². The number of halogens is 1. The minimum absolute atomic E-state index is 0.118. The van der Waals surface area contributed by atoms with E-state index in [1.165, 1.54) is 16.8 Å². The zero-order chi connectivity index (χ0) is 15.4. The monoisotopic (exact) mass is 350 g/mol. The molecule has 0 amide bonds. The van der Waals surface area contributed by atoms with E-state index in [2.05, 4.69) is 69.8 Å². The molecule has 0 fully saturated rings. The highest BCUT2D eigenvalue weighted by Gasteiger charge is 2.23. The van der Waals surface area contributed by atoms with Gasteiger partial charge in [-0.15, -0.1) is 0 Å². The third kappa shape index (κ3) is 3.52. The van der Waals surface area contributed by atoms with E-state index in [4.69, 9.17) is 0 Å². The number of hydrogen-bond acceptors (Lipinski definition) is 3. The Morgan fingerprint density at radius 3 is 2.71 bits per heavy atom. The minimum atomic E-state index is 0.118. The van der Waals surface area contributed by atoms with E-state index in [9.17, 15) is 0 Å². The first-order chi connectivity index (χ1) is 10.1. The number of pyridine rings is 1. The predicted molar refractivity (Wildman–Crippen MR) is 89.4 cm³/mol. The Morgan fingerprint density at radius 2 is 2.10 bits per heavy atom. The average Bonchev–Trinajstić information content (AvgIpc) is 2.83. The molecule has 5 heteroatoms. The largest absolute Gasteiger partial charge is 0.305 e. The van der Waals surface area contributed by atoms with Crippen LogP contribution >= 0.6 is 15.9 Å². The molecule has 0 saturated heterocycles. The van der Waals surface area contributed by atoms with E-state index in [1.54, 1.807) is 0 Å². The summed E-state index contributed by atoms with van der Waals surface area (Å²) in [5, 5.41) is 8.16. The molecule has 0 aliphatic rings. The summed E-state index contributed by atoms with van der Waals surface area (Å²) in [6, 6.07) is 2.53. The van der Waals surface area contributed by atoms with Gasteiger partial charge in [-0.3, -0.25) is 9.67 Å². The summed E-state index contributed by atoms with van der Waals surface area (Å²) in [7, 11) is 0. The third-order valence-electron chi connectivity index (χ3n) is 3.52. The van der Waals surface area contributed by atoms with Crippen LogP contribution in [0.5, 0.6) is 0 Å². The van der Waals surface area contributed by atoms with Crippen molar-refractivity contribution in [3.63, 3.8) is 0 Å². The maximum absolute atomic E-state index is 4.51. The molecule has 2 aromatic heterocycles. The molecule has 114 valence electrons. The maximum Gasteiger partial charge on any atom is 0.0763 e. The van der Waals surface area contributed by atoms with Crippen molar-refractivity contribution in [2.45, 2.75) is 46.2 Å². The van der Waals surface area contributed by atoms with Crippen molar-refractivity contribution in [2.75, 3.05) is 6.54 Å². The first kappa shape index (κ1) is 16.2. The quantitative estimate of drug-likeness (QED) is 0.855. The Morgan fingerprint density at radius 1 is 1.33 bits per heavy atom. The third-order valence-corrected chi connectivity index (χ3v) is 4.13. The lowest BCUT2D eigenvalue weighted by Gasteiger charge is -2.24. The van der Waals surface area contributed by atoms with Crippen LogP contribution in [0.2, 0.25) is 0 Å². The Balaban J connectivity index is 2.51. The molecule has 2 rings (SSSR count). The van der Waals surface area contributed by atoms with Gasteiger partial charge in [0.25, 0.3) is 0 Å². The molecule has 1 unspecified atom stereocenters. The maximum atomic E-state index is 4.51. The van der Waals surface area contributed by atoms with Crippen LogP contribution in [0, 0.1) is 6.92 Å². The Kier molecular flexibility index (Phi) is 5.53. The van der Waals surface area contributed by atoms with E-state index < -0.39 is 0 Å². The number of hydrogen-bond donors (Lipinski definition) is 1. The van der Waals surface area contributed by atoms with Gasteiger partial charge in [-0.1, -0.05) is 6.92 Å². The normalized spacial score (nSPS) is 12.9. The highest BCUT2D eigenvalue weighted by molar-refractivity contribution is 9.10. The first-order valence-corrected chi connectivity index (χ1v) is 8.22. The zero-order valence-corrected chi connectivity index (χ0v) is 14.7. The fourth-order valence-corrected chi connectivity index (χ4v) is 2.99. The van der Waals surface area contributed by atoms with Crippen LogP contribution < -0.4 is 5.32 Å². The molecule has 2 aromatic rings. The van der Waals surface area contributed by atoms with Gasteiger partial charge >= 0.3 is 0 Å². The minimum Gasteiger partial charge on any atom is -0.305 e. The number of nitrogens with zero attached hydrogens (tertiary/aromatic N) is 3. The fourth-order valence-electron chi connectivity index (χ4n) is 2.48. The van der Waals surface area contributed by atoms with Gasteiger partial charge < -0.3 is 5.32 Å². The number of rotatable bonds is 6. The summed E-state index contributed by atoms with van der Waals surface area (Å²) in [5.74, 6) is 0. The Hall–Kier alpha value is -1.20. The lowest BCUT2D eigenvalue weighted by molar-refractivity contribution is 0.470. The Bertz CT molecular complexity index is 592. The molecule has 1 N–H and O–H groups in total. The van der Waals surface area contributed by atoms with Crippen molar-refractivity contribution < 1.29 is 0 Å². The molecule has 0 spiro atoms. The van der Waals surface area contributed by atoms with Gasteiger partial charge in [0, 0.05) is 18.4 Å². The molecule has 21 heavy (non-hydrogen) atoms. The molecule has 0 aromatic carbocycles. The van der Waals surface area contributed by atoms with Crippen molar-refractivity contribution in [2.24, 2.45) is 0 Å². The van der Waals surface area contributed by atoms with Crippen molar-refractivity contribution in [3.8, 4) is 0 Å². The average molecular weight is 351 g/mol. The lowest BCUT2D eigenvalue weighted by Crippen LogP contribution is -2.27. The number of nitrogens with one attached hydrogen (secondary N) is 1. The molecule has 2 heterocycles. The molecule has 1 atom stereocenters. The highest BCUT2D eigenvalue weighted by atomic mass is 79.9. The number of aromatic nitrogens is 3. The van der Waals surface area contributed by atoms with E-state index in [0.29, 0.717) is 6.04 Å². The molecule has 0 aliphatic heterocycles. The number of aryl methyl sites for hydroxylation is 1. The molecular weight excluding hydrogens is 328 g/mol. The summed E-state index contributed by atoms with van der Waals surface area (Å²) in [5.41, 5.74) is 3.61. The van der Waals surface area contributed by atoms with Crippen molar-refractivity contribution in [1.29, 1.82) is 0 Å². The van der Waals surface area contributed by atoms with Crippen molar-refractivity contribution in [3.05, 3.63) is 46.0 Å². The topological polar surface area (TPSA) is 42.7 Å². The van der Waals surface area contributed by atoms with Gasteiger partial charge in [-0.05, 0) is 66.9 Å². The van der Waals surface area contributed by atoms with Crippen molar-refractivity contribution in [1.82, 2.24) is 20.1 Å². The fraction of sp³-hybridized carbons (Fsp3) is 0.500. The van der Waals surface area contributed by atoms with E-state index >= 15 is 0 Å². The molecule has 0 radical (unpaired) electrons. The van der Waals surface area contributed by atoms with Gasteiger partial charge in [0.2, 0.25) is 0 Å². The van der Waals surface area contributed by atoms with Crippen LogP contribution in [-0.2, 0) is 0 Å². The van der Waals surface area contributed by atoms with Crippen LogP contribution in [0.25, 0.3) is 0 Å². The molecular formula is C16H23BrN4. The molecule has 0 bridgehead atoms. The van der Waals surface area contributed by atoms with Crippen LogP contribution in [0.1, 0.15) is 56.1 Å². The second-order valence-corrected chi connectivity index (χ2v) is 6.39. The lowest BCUT2D eigenvalue weighted by atomic mass is 10.00. The zero-order valence-electron chi connectivity index (χ0n) is 13.1. The van der Waals surface area contributed by atoms with E-state index in [1.807, 2.05) is 18.6 Å². The smallest absolute Gasteiger partial charge is 0.0763 e. The van der Waals surface area contributed by atoms with Crippen LogP contribution in [0.4, 0.5) is 0 Å². The SMILES string of the molecule is CCCNC(c1ccncc1C)c1c(Br)cnn1C(C)C. The van der Waals surface area contributed by atoms with Crippen LogP contribution in [0.15, 0.2) is 29.1 Å². The highest BCUT2D eigenvalue weighted by Crippen LogP contribution is 2.31. The van der Waals surface area contributed by atoms with Crippen LogP contribution in [0.3, 0.4) is 0 Å². The van der Waals surface area contributed by atoms with Crippen LogP contribution in [-0.4, -0.2) is 21.3 Å². The van der Waals surface area contributed by atoms with Gasteiger partial charge in [-0.25, -0.2) is 0 Å². The summed E-state index contributed by atoms with van der Waals surface area (Å²) in [4.78, 5) is 4.21. The second-order valence-electron chi connectivity index (χ2n) is 5.54.